The molecule has 5 nitrogen and oxygen atoms in total. The van der Waals surface area contributed by atoms with Crippen molar-refractivity contribution in [2.24, 2.45) is 0 Å². The molecule has 0 bridgehead atoms. The molecular weight excluding hydrogens is 333 g/mol. The van der Waals surface area contributed by atoms with E-state index in [1.165, 1.54) is 0 Å². The summed E-state index contributed by atoms with van der Waals surface area (Å²) in [6.07, 6.45) is 2.66. The van der Waals surface area contributed by atoms with Crippen LogP contribution in [0.25, 0.3) is 0 Å². The maximum atomic E-state index is 11.8. The number of rotatable bonds is 1. The average molecular weight is 343 g/mol. The van der Waals surface area contributed by atoms with Crippen molar-refractivity contribution in [3.63, 3.8) is 0 Å². The van der Waals surface area contributed by atoms with Crippen LogP contribution in [-0.4, -0.2) is 33.8 Å². The minimum absolute atomic E-state index is 0.00670. The van der Waals surface area contributed by atoms with Gasteiger partial charge in [-0.15, -0.1) is 4.73 Å². The summed E-state index contributed by atoms with van der Waals surface area (Å²) in [5.41, 5.74) is 0. The Kier molecular flexibility index (Phi) is 4.17. The number of hydrogen-bond acceptors (Lipinski definition) is 3. The van der Waals surface area contributed by atoms with Gasteiger partial charge in [0.1, 0.15) is 4.60 Å². The number of nitrogens with zero attached hydrogens (tertiary/aromatic N) is 3. The van der Waals surface area contributed by atoms with Crippen LogP contribution in [0.5, 0.6) is 0 Å². The first-order valence-corrected chi connectivity index (χ1v) is 6.71. The summed E-state index contributed by atoms with van der Waals surface area (Å²) in [6, 6.07) is 0. The minimum atomic E-state index is -0.460. The fourth-order valence-electron chi connectivity index (χ4n) is 1.63. The van der Waals surface area contributed by atoms with Gasteiger partial charge in [-0.2, -0.15) is 0 Å². The lowest BCUT2D eigenvalue weighted by Gasteiger charge is -2.25. The van der Waals surface area contributed by atoms with E-state index in [2.05, 4.69) is 20.9 Å². The fourth-order valence-corrected chi connectivity index (χ4v) is 2.46. The van der Waals surface area contributed by atoms with E-state index in [1.54, 1.807) is 4.90 Å². The molecule has 17 heavy (non-hydrogen) atoms. The standard InChI is InChI=1S/C9H10BrCl2N3O2/c10-6-7(11)15(8(12)13-6)17-9(16)14-4-2-1-3-5-14/h1-5H2. The van der Waals surface area contributed by atoms with E-state index < -0.39 is 6.09 Å². The molecule has 0 radical (unpaired) electrons. The lowest BCUT2D eigenvalue weighted by Crippen LogP contribution is -2.40. The molecule has 1 aliphatic heterocycles. The minimum Gasteiger partial charge on any atom is -0.313 e. The zero-order chi connectivity index (χ0) is 12.4. The normalized spacial score (nSPS) is 16.1. The number of halogens is 3. The maximum Gasteiger partial charge on any atom is 0.434 e. The number of carbonyl (C=O) groups is 1. The van der Waals surface area contributed by atoms with Gasteiger partial charge < -0.3 is 9.74 Å². The van der Waals surface area contributed by atoms with E-state index in [9.17, 15) is 4.79 Å². The topological polar surface area (TPSA) is 47.4 Å². The molecule has 2 heterocycles. The zero-order valence-corrected chi connectivity index (χ0v) is 11.9. The number of carbonyl (C=O) groups excluding carboxylic acids is 1. The van der Waals surface area contributed by atoms with Crippen molar-refractivity contribution < 1.29 is 9.63 Å². The van der Waals surface area contributed by atoms with Crippen LogP contribution in [0.2, 0.25) is 10.4 Å². The van der Waals surface area contributed by atoms with Crippen LogP contribution >= 0.6 is 39.1 Å². The van der Waals surface area contributed by atoms with Crippen molar-refractivity contribution in [3.05, 3.63) is 15.0 Å². The van der Waals surface area contributed by atoms with Gasteiger partial charge in [-0.3, -0.25) is 0 Å². The van der Waals surface area contributed by atoms with Crippen LogP contribution in [0.4, 0.5) is 4.79 Å². The summed E-state index contributed by atoms with van der Waals surface area (Å²) >= 11 is 14.7. The molecule has 1 fully saturated rings. The van der Waals surface area contributed by atoms with E-state index in [0.29, 0.717) is 17.7 Å². The summed E-state index contributed by atoms with van der Waals surface area (Å²) in [4.78, 5) is 22.3. The van der Waals surface area contributed by atoms with Gasteiger partial charge in [0.2, 0.25) is 5.28 Å². The highest BCUT2D eigenvalue weighted by Crippen LogP contribution is 2.25. The second-order valence-electron chi connectivity index (χ2n) is 3.66. The smallest absolute Gasteiger partial charge is 0.313 e. The zero-order valence-electron chi connectivity index (χ0n) is 8.83. The SMILES string of the molecule is O=C(On1c(Cl)nc(Br)c1Cl)N1CCCCC1. The number of likely N-dealkylation sites (tertiary alicyclic amines) is 1. The second-order valence-corrected chi connectivity index (χ2v) is 5.11. The molecular formula is C9H10BrCl2N3O2. The van der Waals surface area contributed by atoms with Gasteiger partial charge in [0, 0.05) is 13.1 Å². The van der Waals surface area contributed by atoms with Gasteiger partial charge in [0.05, 0.1) is 0 Å². The summed E-state index contributed by atoms with van der Waals surface area (Å²) < 4.78 is 1.35. The first kappa shape index (κ1) is 13.0. The van der Waals surface area contributed by atoms with Crippen molar-refractivity contribution in [1.29, 1.82) is 0 Å². The van der Waals surface area contributed by atoms with Crippen LogP contribution < -0.4 is 4.84 Å². The first-order chi connectivity index (χ1) is 8.09. The van der Waals surface area contributed by atoms with Crippen molar-refractivity contribution in [2.75, 3.05) is 13.1 Å². The molecule has 1 amide bonds. The summed E-state index contributed by atoms with van der Waals surface area (Å²) in [5.74, 6) is 0. The van der Waals surface area contributed by atoms with Crippen LogP contribution in [0, 0.1) is 0 Å². The molecule has 0 aliphatic carbocycles. The van der Waals surface area contributed by atoms with E-state index in [0.717, 1.165) is 24.0 Å². The molecule has 1 aromatic rings. The molecule has 0 atom stereocenters. The fraction of sp³-hybridized carbons (Fsp3) is 0.556. The van der Waals surface area contributed by atoms with Gasteiger partial charge in [0.25, 0.3) is 0 Å². The summed E-state index contributed by atoms with van der Waals surface area (Å²) in [7, 11) is 0. The Morgan fingerprint density at radius 2 is 1.94 bits per heavy atom. The van der Waals surface area contributed by atoms with E-state index in [-0.39, 0.29) is 10.4 Å². The van der Waals surface area contributed by atoms with Crippen LogP contribution in [0.15, 0.2) is 4.60 Å². The Hall–Kier alpha value is -0.460. The quantitative estimate of drug-likeness (QED) is 0.788. The summed E-state index contributed by atoms with van der Waals surface area (Å²) in [5, 5.41) is 0.146. The van der Waals surface area contributed by atoms with Crippen molar-refractivity contribution >= 4 is 45.2 Å². The summed E-state index contributed by atoms with van der Waals surface area (Å²) in [6.45, 7) is 1.40. The lowest BCUT2D eigenvalue weighted by atomic mass is 10.1. The average Bonchev–Trinajstić information content (AvgIpc) is 2.57. The molecule has 0 aromatic carbocycles. The molecule has 8 heteroatoms. The number of hydrogen-bond donors (Lipinski definition) is 0. The van der Waals surface area contributed by atoms with Gasteiger partial charge in [-0.25, -0.2) is 9.78 Å². The highest BCUT2D eigenvalue weighted by molar-refractivity contribution is 9.10. The van der Waals surface area contributed by atoms with Gasteiger partial charge >= 0.3 is 6.09 Å². The van der Waals surface area contributed by atoms with Crippen molar-refractivity contribution in [3.8, 4) is 0 Å². The van der Waals surface area contributed by atoms with Gasteiger partial charge in [-0.1, -0.05) is 11.6 Å². The molecule has 1 aliphatic rings. The van der Waals surface area contributed by atoms with Crippen LogP contribution in [-0.2, 0) is 0 Å². The van der Waals surface area contributed by atoms with Crippen LogP contribution in [0.3, 0.4) is 0 Å². The number of amides is 1. The molecule has 1 saturated heterocycles. The Morgan fingerprint density at radius 1 is 1.29 bits per heavy atom. The first-order valence-electron chi connectivity index (χ1n) is 5.16. The van der Waals surface area contributed by atoms with E-state index in [4.69, 9.17) is 28.0 Å². The Bertz CT molecular complexity index is 432. The largest absolute Gasteiger partial charge is 0.434 e. The highest BCUT2D eigenvalue weighted by atomic mass is 79.9. The molecule has 2 rings (SSSR count). The molecule has 0 spiro atoms. The second kappa shape index (κ2) is 5.46. The van der Waals surface area contributed by atoms with Crippen molar-refractivity contribution in [1.82, 2.24) is 14.6 Å². The molecule has 0 saturated carbocycles. The Balaban J connectivity index is 2.07. The third-order valence-electron chi connectivity index (χ3n) is 2.49. The number of piperidine rings is 1. The Labute approximate surface area is 117 Å². The molecule has 94 valence electrons. The van der Waals surface area contributed by atoms with E-state index in [1.807, 2.05) is 0 Å². The predicted octanol–water partition coefficient (Wildman–Crippen LogP) is 2.99. The van der Waals surface area contributed by atoms with E-state index >= 15 is 0 Å². The number of imidazole rings is 1. The third-order valence-corrected chi connectivity index (χ3v) is 3.84. The predicted molar refractivity (Wildman–Crippen MR) is 67.3 cm³/mol. The third kappa shape index (κ3) is 2.86. The maximum absolute atomic E-state index is 11.8. The monoisotopic (exact) mass is 341 g/mol. The molecule has 0 unspecified atom stereocenters. The Morgan fingerprint density at radius 3 is 2.47 bits per heavy atom. The van der Waals surface area contributed by atoms with Crippen molar-refractivity contribution in [2.45, 2.75) is 19.3 Å². The number of aromatic nitrogens is 2. The van der Waals surface area contributed by atoms with Crippen LogP contribution in [0.1, 0.15) is 19.3 Å². The van der Waals surface area contributed by atoms with Gasteiger partial charge in [-0.05, 0) is 46.8 Å². The highest BCUT2D eigenvalue weighted by Gasteiger charge is 2.22. The molecule has 1 aromatic heterocycles. The molecule has 0 N–H and O–H groups in total. The van der Waals surface area contributed by atoms with Gasteiger partial charge in [0.15, 0.2) is 5.15 Å². The lowest BCUT2D eigenvalue weighted by molar-refractivity contribution is 0.0862.